The Morgan fingerprint density at radius 3 is 2.56 bits per heavy atom. The van der Waals surface area contributed by atoms with Crippen LogP contribution >= 0.6 is 11.3 Å². The summed E-state index contributed by atoms with van der Waals surface area (Å²) in [7, 11) is -3.12. The fraction of sp³-hybridized carbons (Fsp3) is 0.636. The van der Waals surface area contributed by atoms with Crippen LogP contribution in [0.25, 0.3) is 0 Å². The lowest BCUT2D eigenvalue weighted by Crippen LogP contribution is -2.06. The van der Waals surface area contributed by atoms with Crippen LogP contribution in [0.15, 0.2) is 0 Å². The van der Waals surface area contributed by atoms with Gasteiger partial charge >= 0.3 is 5.97 Å². The largest absolute Gasteiger partial charge is 0.481 e. The quantitative estimate of drug-likeness (QED) is 0.826. The number of nitrogens with zero attached hydrogens (tertiary/aromatic N) is 1. The van der Waals surface area contributed by atoms with Gasteiger partial charge in [-0.05, 0) is 6.42 Å². The first-order valence-electron chi connectivity index (χ1n) is 5.77. The molecule has 7 heteroatoms. The van der Waals surface area contributed by atoms with Gasteiger partial charge in [-0.3, -0.25) is 4.79 Å². The molecular weight excluding hydrogens is 274 g/mol. The Morgan fingerprint density at radius 1 is 1.39 bits per heavy atom. The Hall–Kier alpha value is -0.950. The second kappa shape index (κ2) is 6.29. The van der Waals surface area contributed by atoms with Gasteiger partial charge in [-0.25, -0.2) is 13.4 Å². The van der Waals surface area contributed by atoms with Crippen molar-refractivity contribution in [2.24, 2.45) is 0 Å². The second-order valence-electron chi connectivity index (χ2n) is 3.97. The van der Waals surface area contributed by atoms with Gasteiger partial charge in [0.1, 0.15) is 10.8 Å². The van der Waals surface area contributed by atoms with E-state index in [0.29, 0.717) is 16.3 Å². The highest BCUT2D eigenvalue weighted by Gasteiger charge is 2.17. The van der Waals surface area contributed by atoms with Gasteiger partial charge in [0.05, 0.1) is 12.1 Å². The first kappa shape index (κ1) is 15.1. The predicted octanol–water partition coefficient (Wildman–Crippen LogP) is 1.66. The Labute approximate surface area is 111 Å². The van der Waals surface area contributed by atoms with Crippen LogP contribution in [0, 0.1) is 0 Å². The molecule has 102 valence electrons. The van der Waals surface area contributed by atoms with E-state index < -0.39 is 15.8 Å². The first-order valence-corrected chi connectivity index (χ1v) is 8.41. The zero-order valence-electron chi connectivity index (χ0n) is 10.5. The molecule has 0 saturated heterocycles. The number of rotatable bonds is 7. The molecule has 0 aliphatic heterocycles. The SMILES string of the molecule is CCCc1nc(CS(=O)(=O)CC)sc1CC(=O)O. The molecule has 1 rings (SSSR count). The van der Waals surface area contributed by atoms with Crippen LogP contribution < -0.4 is 0 Å². The Kier molecular flexibility index (Phi) is 5.28. The van der Waals surface area contributed by atoms with E-state index >= 15 is 0 Å². The summed E-state index contributed by atoms with van der Waals surface area (Å²) in [5.74, 6) is -0.935. The van der Waals surface area contributed by atoms with E-state index in [9.17, 15) is 13.2 Å². The molecule has 0 radical (unpaired) electrons. The fourth-order valence-corrected chi connectivity index (χ4v) is 3.82. The van der Waals surface area contributed by atoms with Crippen LogP contribution in [-0.4, -0.2) is 30.2 Å². The number of aliphatic carboxylic acids is 1. The van der Waals surface area contributed by atoms with Crippen LogP contribution in [0.2, 0.25) is 0 Å². The van der Waals surface area contributed by atoms with Crippen LogP contribution in [-0.2, 0) is 33.2 Å². The molecule has 0 saturated carbocycles. The smallest absolute Gasteiger partial charge is 0.308 e. The number of hydrogen-bond donors (Lipinski definition) is 1. The van der Waals surface area contributed by atoms with E-state index in [-0.39, 0.29) is 17.9 Å². The Balaban J connectivity index is 2.98. The van der Waals surface area contributed by atoms with Crippen LogP contribution in [0.4, 0.5) is 0 Å². The minimum absolute atomic E-state index is 0.0734. The number of carboxylic acid groups (broad SMARTS) is 1. The Morgan fingerprint density at radius 2 is 2.06 bits per heavy atom. The maximum Gasteiger partial charge on any atom is 0.308 e. The lowest BCUT2D eigenvalue weighted by Gasteiger charge is -1.96. The number of thiazole rings is 1. The van der Waals surface area contributed by atoms with E-state index in [1.54, 1.807) is 6.92 Å². The number of carbonyl (C=O) groups is 1. The van der Waals surface area contributed by atoms with Crippen molar-refractivity contribution in [3.05, 3.63) is 15.6 Å². The predicted molar refractivity (Wildman–Crippen MR) is 70.6 cm³/mol. The van der Waals surface area contributed by atoms with Crippen LogP contribution in [0.5, 0.6) is 0 Å². The molecule has 1 aromatic rings. The van der Waals surface area contributed by atoms with E-state index in [0.717, 1.165) is 12.1 Å². The molecule has 1 heterocycles. The molecule has 0 aliphatic rings. The summed E-state index contributed by atoms with van der Waals surface area (Å²) in [4.78, 5) is 15.7. The van der Waals surface area contributed by atoms with E-state index in [1.165, 1.54) is 11.3 Å². The van der Waals surface area contributed by atoms with Gasteiger partial charge in [0.25, 0.3) is 0 Å². The van der Waals surface area contributed by atoms with Crippen LogP contribution in [0.3, 0.4) is 0 Å². The summed E-state index contributed by atoms with van der Waals surface area (Å²) < 4.78 is 23.0. The van der Waals surface area contributed by atoms with Gasteiger partial charge in [0.15, 0.2) is 9.84 Å². The average molecular weight is 291 g/mol. The third kappa shape index (κ3) is 4.38. The Bertz CT molecular complexity index is 519. The van der Waals surface area contributed by atoms with Crippen molar-refractivity contribution < 1.29 is 18.3 Å². The molecule has 0 unspecified atom stereocenters. The monoisotopic (exact) mass is 291 g/mol. The molecule has 0 bridgehead atoms. The minimum Gasteiger partial charge on any atom is -0.481 e. The maximum absolute atomic E-state index is 11.5. The highest BCUT2D eigenvalue weighted by molar-refractivity contribution is 7.90. The summed E-state index contributed by atoms with van der Waals surface area (Å²) >= 11 is 1.20. The molecule has 1 N–H and O–H groups in total. The van der Waals surface area contributed by atoms with E-state index in [4.69, 9.17) is 5.11 Å². The van der Waals surface area contributed by atoms with Gasteiger partial charge < -0.3 is 5.11 Å². The van der Waals surface area contributed by atoms with Crippen molar-refractivity contribution in [3.63, 3.8) is 0 Å². The summed E-state index contributed by atoms with van der Waals surface area (Å²) in [6.07, 6.45) is 1.46. The first-order chi connectivity index (χ1) is 8.38. The summed E-state index contributed by atoms with van der Waals surface area (Å²) in [6, 6.07) is 0. The molecular formula is C11H17NO4S2. The second-order valence-corrected chi connectivity index (χ2v) is 7.50. The lowest BCUT2D eigenvalue weighted by atomic mass is 10.2. The van der Waals surface area contributed by atoms with Gasteiger partial charge in [-0.2, -0.15) is 0 Å². The summed E-state index contributed by atoms with van der Waals surface area (Å²) in [5.41, 5.74) is 0.728. The number of carboxylic acids is 1. The molecule has 18 heavy (non-hydrogen) atoms. The zero-order chi connectivity index (χ0) is 13.8. The van der Waals surface area contributed by atoms with E-state index in [2.05, 4.69) is 4.98 Å². The molecule has 0 aromatic carbocycles. The molecule has 0 atom stereocenters. The maximum atomic E-state index is 11.5. The van der Waals surface area contributed by atoms with Crippen molar-refractivity contribution in [1.82, 2.24) is 4.98 Å². The summed E-state index contributed by atoms with van der Waals surface area (Å²) in [5, 5.41) is 9.31. The summed E-state index contributed by atoms with van der Waals surface area (Å²) in [6.45, 7) is 3.57. The third-order valence-electron chi connectivity index (χ3n) is 2.40. The fourth-order valence-electron chi connectivity index (χ4n) is 1.50. The minimum atomic E-state index is -3.12. The van der Waals surface area contributed by atoms with E-state index in [1.807, 2.05) is 6.92 Å². The van der Waals surface area contributed by atoms with Gasteiger partial charge in [-0.1, -0.05) is 20.3 Å². The molecule has 0 aliphatic carbocycles. The van der Waals surface area contributed by atoms with Crippen LogP contribution in [0.1, 0.15) is 35.8 Å². The standard InChI is InChI=1S/C11H17NO4S2/c1-3-5-8-9(6-11(13)14)17-10(12-8)7-18(15,16)4-2/h3-7H2,1-2H3,(H,13,14). The average Bonchev–Trinajstić information content (AvgIpc) is 2.59. The third-order valence-corrected chi connectivity index (χ3v) is 5.28. The number of sulfone groups is 1. The van der Waals surface area contributed by atoms with Gasteiger partial charge in [0, 0.05) is 10.6 Å². The van der Waals surface area contributed by atoms with Gasteiger partial charge in [0.2, 0.25) is 0 Å². The zero-order valence-corrected chi connectivity index (χ0v) is 12.1. The molecule has 0 fully saturated rings. The van der Waals surface area contributed by atoms with Crippen molar-refractivity contribution >= 4 is 27.1 Å². The topological polar surface area (TPSA) is 84.3 Å². The normalized spacial score (nSPS) is 11.7. The molecule has 0 spiro atoms. The molecule has 5 nitrogen and oxygen atoms in total. The molecule has 1 aromatic heterocycles. The number of hydrogen-bond acceptors (Lipinski definition) is 5. The van der Waals surface area contributed by atoms with Crippen molar-refractivity contribution in [2.75, 3.05) is 5.75 Å². The van der Waals surface area contributed by atoms with Crippen molar-refractivity contribution in [3.8, 4) is 0 Å². The van der Waals surface area contributed by atoms with Crippen molar-refractivity contribution in [2.45, 2.75) is 38.9 Å². The van der Waals surface area contributed by atoms with Gasteiger partial charge in [-0.15, -0.1) is 11.3 Å². The van der Waals surface area contributed by atoms with Crippen molar-refractivity contribution in [1.29, 1.82) is 0 Å². The highest BCUT2D eigenvalue weighted by Crippen LogP contribution is 2.22. The molecule has 0 amide bonds. The number of aryl methyl sites for hydroxylation is 1. The lowest BCUT2D eigenvalue weighted by molar-refractivity contribution is -0.136. The highest BCUT2D eigenvalue weighted by atomic mass is 32.2. The number of aromatic nitrogens is 1.